The Balaban J connectivity index is 3.20. The molecule has 0 amide bonds. The Kier molecular flexibility index (Phi) is 3.07. The van der Waals surface area contributed by atoms with Crippen LogP contribution in [0.5, 0.6) is 0 Å². The van der Waals surface area contributed by atoms with Gasteiger partial charge in [-0.1, -0.05) is 48.1 Å². The zero-order valence-corrected chi connectivity index (χ0v) is 8.59. The first-order valence-corrected chi connectivity index (χ1v) is 4.51. The molecule has 0 aliphatic heterocycles. The number of hydrogen-bond acceptors (Lipinski definition) is 0. The van der Waals surface area contributed by atoms with Gasteiger partial charge in [0.1, 0.15) is 0 Å². The van der Waals surface area contributed by atoms with Crippen molar-refractivity contribution < 1.29 is 0 Å². The van der Waals surface area contributed by atoms with Crippen LogP contribution in [0.1, 0.15) is 31.9 Å². The summed E-state index contributed by atoms with van der Waals surface area (Å²) >= 11 is 0. The minimum absolute atomic E-state index is 1.12. The van der Waals surface area contributed by atoms with Gasteiger partial charge in [0.25, 0.3) is 0 Å². The summed E-state index contributed by atoms with van der Waals surface area (Å²) in [5.41, 5.74) is 4.93. The van der Waals surface area contributed by atoms with E-state index in [4.69, 9.17) is 0 Å². The predicted octanol–water partition coefficient (Wildman–Crippen LogP) is 4.14. The van der Waals surface area contributed by atoms with Crippen LogP contribution in [0.15, 0.2) is 36.4 Å². The molecule has 13 heavy (non-hydrogen) atoms. The normalized spacial score (nSPS) is 9.46. The highest BCUT2D eigenvalue weighted by molar-refractivity contribution is 5.72. The van der Waals surface area contributed by atoms with Crippen LogP contribution in [0.2, 0.25) is 0 Å². The maximum Gasteiger partial charge on any atom is -0.0161 e. The molecule has 0 bridgehead atoms. The van der Waals surface area contributed by atoms with Gasteiger partial charge in [0.2, 0.25) is 0 Å². The summed E-state index contributed by atoms with van der Waals surface area (Å²) in [5.74, 6) is 0. The van der Waals surface area contributed by atoms with E-state index in [1.165, 1.54) is 16.7 Å². The molecule has 0 fully saturated rings. The Morgan fingerprint density at radius 3 is 2.31 bits per heavy atom. The zero-order valence-electron chi connectivity index (χ0n) is 8.59. The Morgan fingerprint density at radius 1 is 1.15 bits per heavy atom. The van der Waals surface area contributed by atoms with Gasteiger partial charge in [0.15, 0.2) is 0 Å². The molecule has 1 aromatic carbocycles. The van der Waals surface area contributed by atoms with E-state index >= 15 is 0 Å². The van der Waals surface area contributed by atoms with Crippen LogP contribution in [0, 0.1) is 0 Å². The SMILES string of the molecule is C=C(C)c1ccccc1C=C(C)C. The van der Waals surface area contributed by atoms with Crippen molar-refractivity contribution in [1.29, 1.82) is 0 Å². The van der Waals surface area contributed by atoms with E-state index < -0.39 is 0 Å². The van der Waals surface area contributed by atoms with Crippen molar-refractivity contribution in [2.45, 2.75) is 20.8 Å². The summed E-state index contributed by atoms with van der Waals surface area (Å²) in [7, 11) is 0. The van der Waals surface area contributed by atoms with E-state index in [0.717, 1.165) is 5.57 Å². The fourth-order valence-corrected chi connectivity index (χ4v) is 1.32. The van der Waals surface area contributed by atoms with Gasteiger partial charge in [-0.15, -0.1) is 0 Å². The molecule has 0 spiro atoms. The van der Waals surface area contributed by atoms with Gasteiger partial charge in [-0.25, -0.2) is 0 Å². The third-order valence-corrected chi connectivity index (χ3v) is 1.86. The highest BCUT2D eigenvalue weighted by Gasteiger charge is 1.98. The standard InChI is InChI=1S/C13H16/c1-10(2)9-12-7-5-6-8-13(12)11(3)4/h5-9H,3H2,1-2,4H3. The Labute approximate surface area is 80.6 Å². The van der Waals surface area contributed by atoms with Crippen molar-refractivity contribution in [1.82, 2.24) is 0 Å². The molecule has 1 rings (SSSR count). The van der Waals surface area contributed by atoms with Gasteiger partial charge in [-0.3, -0.25) is 0 Å². The molecule has 68 valence electrons. The van der Waals surface area contributed by atoms with Crippen LogP contribution in [-0.2, 0) is 0 Å². The van der Waals surface area contributed by atoms with Crippen LogP contribution in [0.25, 0.3) is 11.6 Å². The Hall–Kier alpha value is -1.30. The lowest BCUT2D eigenvalue weighted by Crippen LogP contribution is -1.83. The first-order valence-electron chi connectivity index (χ1n) is 4.51. The molecular formula is C13H16. The van der Waals surface area contributed by atoms with Gasteiger partial charge < -0.3 is 0 Å². The average molecular weight is 172 g/mol. The second kappa shape index (κ2) is 4.08. The molecule has 0 aliphatic rings. The maximum absolute atomic E-state index is 3.96. The van der Waals surface area contributed by atoms with Crippen LogP contribution >= 0.6 is 0 Å². The van der Waals surface area contributed by atoms with Crippen LogP contribution in [-0.4, -0.2) is 0 Å². The lowest BCUT2D eigenvalue weighted by atomic mass is 10.0. The second-order valence-corrected chi connectivity index (χ2v) is 3.59. The number of rotatable bonds is 2. The molecular weight excluding hydrogens is 156 g/mol. The van der Waals surface area contributed by atoms with E-state index in [9.17, 15) is 0 Å². The molecule has 0 radical (unpaired) electrons. The van der Waals surface area contributed by atoms with Crippen molar-refractivity contribution in [3.63, 3.8) is 0 Å². The lowest BCUT2D eigenvalue weighted by Gasteiger charge is -2.05. The summed E-state index contributed by atoms with van der Waals surface area (Å²) in [4.78, 5) is 0. The minimum atomic E-state index is 1.12. The molecule has 0 N–H and O–H groups in total. The van der Waals surface area contributed by atoms with Gasteiger partial charge in [-0.05, 0) is 31.9 Å². The number of allylic oxidation sites excluding steroid dienone is 2. The molecule has 1 aromatic rings. The third-order valence-electron chi connectivity index (χ3n) is 1.86. The smallest absolute Gasteiger partial charge is 0.0161 e. The fraction of sp³-hybridized carbons (Fsp3) is 0.231. The van der Waals surface area contributed by atoms with E-state index in [2.05, 4.69) is 44.7 Å². The second-order valence-electron chi connectivity index (χ2n) is 3.59. The molecule has 0 atom stereocenters. The van der Waals surface area contributed by atoms with Crippen LogP contribution < -0.4 is 0 Å². The maximum atomic E-state index is 3.96. The van der Waals surface area contributed by atoms with Crippen LogP contribution in [0.4, 0.5) is 0 Å². The van der Waals surface area contributed by atoms with Crippen molar-refractivity contribution >= 4 is 11.6 Å². The summed E-state index contributed by atoms with van der Waals surface area (Å²) in [5, 5.41) is 0. The fourth-order valence-electron chi connectivity index (χ4n) is 1.32. The van der Waals surface area contributed by atoms with Crippen molar-refractivity contribution in [3.05, 3.63) is 47.5 Å². The molecule has 0 aromatic heterocycles. The molecule has 0 saturated heterocycles. The molecule has 0 heteroatoms. The quantitative estimate of drug-likeness (QED) is 0.629. The predicted molar refractivity (Wildman–Crippen MR) is 60.5 cm³/mol. The molecule has 0 aliphatic carbocycles. The van der Waals surface area contributed by atoms with Gasteiger partial charge in [-0.2, -0.15) is 0 Å². The van der Waals surface area contributed by atoms with E-state index in [1.807, 2.05) is 13.0 Å². The molecule has 0 nitrogen and oxygen atoms in total. The van der Waals surface area contributed by atoms with Crippen LogP contribution in [0.3, 0.4) is 0 Å². The molecule has 0 unspecified atom stereocenters. The highest BCUT2D eigenvalue weighted by Crippen LogP contribution is 2.19. The van der Waals surface area contributed by atoms with E-state index in [1.54, 1.807) is 0 Å². The van der Waals surface area contributed by atoms with Gasteiger partial charge in [0.05, 0.1) is 0 Å². The lowest BCUT2D eigenvalue weighted by molar-refractivity contribution is 1.41. The minimum Gasteiger partial charge on any atom is -0.0955 e. The zero-order chi connectivity index (χ0) is 9.84. The average Bonchev–Trinajstić information content (AvgIpc) is 2.03. The van der Waals surface area contributed by atoms with Crippen molar-refractivity contribution in [2.75, 3.05) is 0 Å². The molecule has 0 saturated carbocycles. The van der Waals surface area contributed by atoms with Crippen molar-refractivity contribution in [2.24, 2.45) is 0 Å². The number of benzene rings is 1. The monoisotopic (exact) mass is 172 g/mol. The summed E-state index contributed by atoms with van der Waals surface area (Å²) in [6.45, 7) is 10.2. The largest absolute Gasteiger partial charge is 0.0955 e. The summed E-state index contributed by atoms with van der Waals surface area (Å²) in [6, 6.07) is 8.33. The first-order chi connectivity index (χ1) is 6.11. The van der Waals surface area contributed by atoms with Gasteiger partial charge >= 0.3 is 0 Å². The third kappa shape index (κ3) is 2.59. The topological polar surface area (TPSA) is 0 Å². The summed E-state index contributed by atoms with van der Waals surface area (Å²) in [6.07, 6.45) is 2.18. The van der Waals surface area contributed by atoms with Gasteiger partial charge in [0, 0.05) is 0 Å². The Morgan fingerprint density at radius 2 is 1.77 bits per heavy atom. The Bertz CT molecular complexity index is 339. The first kappa shape index (κ1) is 9.79. The van der Waals surface area contributed by atoms with E-state index in [-0.39, 0.29) is 0 Å². The summed E-state index contributed by atoms with van der Waals surface area (Å²) < 4.78 is 0. The highest BCUT2D eigenvalue weighted by atomic mass is 14.0. The number of hydrogen-bond donors (Lipinski definition) is 0. The van der Waals surface area contributed by atoms with E-state index in [0.29, 0.717) is 0 Å². The van der Waals surface area contributed by atoms with Crippen molar-refractivity contribution in [3.8, 4) is 0 Å². The molecule has 0 heterocycles.